The summed E-state index contributed by atoms with van der Waals surface area (Å²) in [6.45, 7) is 0. The molecule has 0 saturated carbocycles. The van der Waals surface area contributed by atoms with Crippen LogP contribution in [0.4, 0.5) is 11.4 Å². The number of aromatic nitrogens is 2. The minimum Gasteiger partial charge on any atom is -0.311 e. The van der Waals surface area contributed by atoms with Crippen LogP contribution in [0.3, 0.4) is 0 Å². The van der Waals surface area contributed by atoms with E-state index in [1.54, 1.807) is 9.30 Å². The van der Waals surface area contributed by atoms with Gasteiger partial charge in [-0.1, -0.05) is 54.6 Å². The molecule has 6 heteroatoms. The molecule has 2 aromatic heterocycles. The van der Waals surface area contributed by atoms with Gasteiger partial charge in [0.15, 0.2) is 0 Å². The molecular formula is C37H20N4O2. The van der Waals surface area contributed by atoms with Crippen molar-refractivity contribution in [3.8, 4) is 0 Å². The van der Waals surface area contributed by atoms with Crippen LogP contribution < -0.4 is 10.5 Å². The van der Waals surface area contributed by atoms with Gasteiger partial charge in [-0.15, -0.1) is 0 Å². The molecule has 0 spiro atoms. The Morgan fingerprint density at radius 3 is 2.07 bits per heavy atom. The van der Waals surface area contributed by atoms with Crippen LogP contribution in [0.1, 0.15) is 15.9 Å². The van der Waals surface area contributed by atoms with Gasteiger partial charge < -0.3 is 4.90 Å². The second-order valence-corrected chi connectivity index (χ2v) is 11.4. The van der Waals surface area contributed by atoms with E-state index in [1.807, 2.05) is 80.0 Å². The maximum atomic E-state index is 14.0. The first kappa shape index (κ1) is 22.8. The predicted octanol–water partition coefficient (Wildman–Crippen LogP) is 7.83. The number of amides is 1. The normalized spacial score (nSPS) is 14.4. The Kier molecular flexibility index (Phi) is 4.07. The highest BCUT2D eigenvalue weighted by Gasteiger charge is 2.26. The molecule has 200 valence electrons. The molecular weight excluding hydrogens is 532 g/mol. The van der Waals surface area contributed by atoms with Crippen molar-refractivity contribution in [3.05, 3.63) is 119 Å². The molecule has 7 aromatic carbocycles. The van der Waals surface area contributed by atoms with E-state index in [2.05, 4.69) is 30.3 Å². The zero-order chi connectivity index (χ0) is 28.6. The summed E-state index contributed by atoms with van der Waals surface area (Å²) in [6, 6.07) is 31.9. The van der Waals surface area contributed by atoms with Crippen molar-refractivity contribution in [1.82, 2.24) is 9.38 Å². The fourth-order valence-corrected chi connectivity index (χ4v) is 7.39. The van der Waals surface area contributed by atoms with Crippen molar-refractivity contribution in [3.63, 3.8) is 0 Å². The Hall–Kier alpha value is -5.88. The Morgan fingerprint density at radius 2 is 1.23 bits per heavy atom. The number of para-hydroxylation sites is 3. The fraction of sp³-hybridized carbons (Fsp3) is 0.0270. The number of aliphatic imine (C=N–C) groups is 1. The summed E-state index contributed by atoms with van der Waals surface area (Å²) in [5.41, 5.74) is 5.29. The first-order valence-electron chi connectivity index (χ1n) is 14.2. The third-order valence-corrected chi connectivity index (χ3v) is 9.29. The number of hydrogen-bond donors (Lipinski definition) is 0. The van der Waals surface area contributed by atoms with Crippen molar-refractivity contribution in [1.29, 1.82) is 0 Å². The molecule has 10 rings (SSSR count). The van der Waals surface area contributed by atoms with Crippen LogP contribution in [-0.2, 0) is 0 Å². The Morgan fingerprint density at radius 1 is 0.605 bits per heavy atom. The van der Waals surface area contributed by atoms with Crippen LogP contribution in [0.5, 0.6) is 0 Å². The van der Waals surface area contributed by atoms with Gasteiger partial charge in [-0.2, -0.15) is 0 Å². The molecule has 43 heavy (non-hydrogen) atoms. The molecule has 6 nitrogen and oxygen atoms in total. The lowest BCUT2D eigenvalue weighted by atomic mass is 9.86. The highest BCUT2D eigenvalue weighted by atomic mass is 16.2. The van der Waals surface area contributed by atoms with Crippen molar-refractivity contribution < 1.29 is 4.79 Å². The first-order chi connectivity index (χ1) is 21.1. The average Bonchev–Trinajstić information content (AvgIpc) is 3.46. The average molecular weight is 553 g/mol. The quantitative estimate of drug-likeness (QED) is 0.142. The second-order valence-electron chi connectivity index (χ2n) is 11.4. The van der Waals surface area contributed by atoms with Crippen LogP contribution in [-0.4, -0.2) is 28.6 Å². The highest BCUT2D eigenvalue weighted by molar-refractivity contribution is 6.39. The molecule has 0 aliphatic carbocycles. The number of imidazole rings is 1. The number of anilines is 1. The van der Waals surface area contributed by atoms with Crippen LogP contribution >= 0.6 is 0 Å². The molecule has 9 aromatic rings. The van der Waals surface area contributed by atoms with Gasteiger partial charge in [0.05, 0.1) is 22.4 Å². The molecule has 0 bridgehead atoms. The standard InChI is InChI=1S/C37H20N4O2/c1-40-29-8-4-2-6-19(29)18-38-28-17-16-23-21-11-14-25-33-24(35-39-27-7-3-5-9-30(27)41(35)37(25)43)13-10-20(31(21)33)22-12-15-26(36(40)42)34(28)32(22)23/h2-18H,1H3/b38-18+. The topological polar surface area (TPSA) is 67.0 Å². The van der Waals surface area contributed by atoms with Gasteiger partial charge in [-0.05, 0) is 69.4 Å². The Balaban J connectivity index is 1.39. The number of benzene rings is 7. The van der Waals surface area contributed by atoms with E-state index in [0.717, 1.165) is 76.4 Å². The number of hydrogen-bond acceptors (Lipinski definition) is 4. The van der Waals surface area contributed by atoms with Gasteiger partial charge in [0.1, 0.15) is 5.65 Å². The fourth-order valence-electron chi connectivity index (χ4n) is 7.39. The van der Waals surface area contributed by atoms with Gasteiger partial charge in [0.2, 0.25) is 0 Å². The predicted molar refractivity (Wildman–Crippen MR) is 175 cm³/mol. The molecule has 1 aliphatic heterocycles. The van der Waals surface area contributed by atoms with E-state index in [9.17, 15) is 9.59 Å². The van der Waals surface area contributed by atoms with E-state index in [-0.39, 0.29) is 11.5 Å². The summed E-state index contributed by atoms with van der Waals surface area (Å²) in [4.78, 5) is 39.6. The summed E-state index contributed by atoms with van der Waals surface area (Å²) < 4.78 is 1.74. The molecule has 0 radical (unpaired) electrons. The van der Waals surface area contributed by atoms with Gasteiger partial charge in [0, 0.05) is 51.3 Å². The lowest BCUT2D eigenvalue weighted by Gasteiger charge is -2.21. The molecule has 3 heterocycles. The van der Waals surface area contributed by atoms with Crippen molar-refractivity contribution >= 4 is 94.0 Å². The highest BCUT2D eigenvalue weighted by Crippen LogP contribution is 2.46. The third-order valence-electron chi connectivity index (χ3n) is 9.29. The third kappa shape index (κ3) is 2.69. The molecule has 0 unspecified atom stereocenters. The summed E-state index contributed by atoms with van der Waals surface area (Å²) in [6.07, 6.45) is 1.85. The number of fused-ring (bicyclic) bond motifs is 7. The summed E-state index contributed by atoms with van der Waals surface area (Å²) in [5.74, 6) is -0.0801. The molecule has 1 amide bonds. The molecule has 0 atom stereocenters. The minimum atomic E-state index is -0.0801. The Labute approximate surface area is 243 Å². The number of nitrogens with zero attached hydrogens (tertiary/aromatic N) is 4. The van der Waals surface area contributed by atoms with Crippen molar-refractivity contribution in [2.45, 2.75) is 0 Å². The van der Waals surface area contributed by atoms with Gasteiger partial charge in [-0.3, -0.25) is 19.0 Å². The largest absolute Gasteiger partial charge is 0.311 e. The van der Waals surface area contributed by atoms with Crippen molar-refractivity contribution in [2.24, 2.45) is 4.99 Å². The maximum absolute atomic E-state index is 14.0. The molecule has 0 N–H and O–H groups in total. The number of rotatable bonds is 0. The lowest BCUT2D eigenvalue weighted by molar-refractivity contribution is 0.0994. The van der Waals surface area contributed by atoms with Gasteiger partial charge in [0.25, 0.3) is 11.5 Å². The van der Waals surface area contributed by atoms with Crippen LogP contribution in [0.15, 0.2) is 107 Å². The van der Waals surface area contributed by atoms with E-state index in [1.165, 1.54) is 0 Å². The first-order valence-corrected chi connectivity index (χ1v) is 14.2. The smallest absolute Gasteiger partial charge is 0.264 e. The zero-order valence-electron chi connectivity index (χ0n) is 22.9. The van der Waals surface area contributed by atoms with E-state index in [0.29, 0.717) is 16.6 Å². The SMILES string of the molecule is CN1C(=O)c2ccc3c4ccc5c6c(ccc(c7ccc(c2c73)/N=C/c2ccccc21)c46)c(=O)n1c2ccccc2nc51. The number of carbonyl (C=O) groups is 1. The lowest BCUT2D eigenvalue weighted by Crippen LogP contribution is -2.27. The summed E-state index contributed by atoms with van der Waals surface area (Å²) >= 11 is 0. The van der Waals surface area contributed by atoms with E-state index >= 15 is 0 Å². The monoisotopic (exact) mass is 552 g/mol. The summed E-state index contributed by atoms with van der Waals surface area (Å²) in [5, 5.41) is 9.57. The number of pyridine rings is 1. The van der Waals surface area contributed by atoms with Gasteiger partial charge >= 0.3 is 0 Å². The van der Waals surface area contributed by atoms with Crippen LogP contribution in [0.25, 0.3) is 70.5 Å². The number of carbonyl (C=O) groups excluding carboxylic acids is 1. The Bertz CT molecular complexity index is 2770. The van der Waals surface area contributed by atoms with E-state index in [4.69, 9.17) is 9.98 Å². The van der Waals surface area contributed by atoms with E-state index < -0.39 is 0 Å². The second kappa shape index (κ2) is 7.69. The molecule has 0 fully saturated rings. The maximum Gasteiger partial charge on any atom is 0.264 e. The molecule has 1 aliphatic rings. The van der Waals surface area contributed by atoms with Crippen LogP contribution in [0, 0.1) is 0 Å². The molecule has 0 saturated heterocycles. The minimum absolute atomic E-state index is 0.0672. The summed E-state index contributed by atoms with van der Waals surface area (Å²) in [7, 11) is 1.82. The van der Waals surface area contributed by atoms with Crippen molar-refractivity contribution in [2.75, 3.05) is 11.9 Å². The zero-order valence-corrected chi connectivity index (χ0v) is 22.9. The van der Waals surface area contributed by atoms with Gasteiger partial charge in [-0.25, -0.2) is 4.98 Å². The van der Waals surface area contributed by atoms with Crippen LogP contribution in [0.2, 0.25) is 0 Å².